The molecule has 1 aromatic heterocycles. The van der Waals surface area contributed by atoms with E-state index >= 15 is 0 Å². The van der Waals surface area contributed by atoms with Crippen LogP contribution in [0.2, 0.25) is 0 Å². The van der Waals surface area contributed by atoms with Crippen molar-refractivity contribution in [3.63, 3.8) is 0 Å². The Morgan fingerprint density at radius 3 is 3.00 bits per heavy atom. The highest BCUT2D eigenvalue weighted by atomic mass is 16.5. The zero-order chi connectivity index (χ0) is 10.7. The summed E-state index contributed by atoms with van der Waals surface area (Å²) in [7, 11) is 1.54. The lowest BCUT2D eigenvalue weighted by Gasteiger charge is -2.27. The van der Waals surface area contributed by atoms with Crippen molar-refractivity contribution in [2.45, 2.75) is 0 Å². The number of rotatable bonds is 2. The van der Waals surface area contributed by atoms with Gasteiger partial charge in [0.15, 0.2) is 5.82 Å². The molecule has 0 aliphatic carbocycles. The minimum Gasteiger partial charge on any atom is -0.478 e. The molecule has 0 atom stereocenters. The summed E-state index contributed by atoms with van der Waals surface area (Å²) in [6, 6.07) is 0. The number of carbonyl (C=O) groups excluding carboxylic acids is 1. The van der Waals surface area contributed by atoms with Gasteiger partial charge >= 0.3 is 0 Å². The molecule has 15 heavy (non-hydrogen) atoms. The molecule has 0 aromatic carbocycles. The average molecular weight is 208 g/mol. The van der Waals surface area contributed by atoms with Crippen LogP contribution in [-0.2, 0) is 4.79 Å². The van der Waals surface area contributed by atoms with E-state index in [4.69, 9.17) is 4.74 Å². The maximum absolute atomic E-state index is 11.2. The first kappa shape index (κ1) is 9.70. The number of hydrogen-bond acceptors (Lipinski definition) is 5. The van der Waals surface area contributed by atoms with Crippen molar-refractivity contribution in [3.05, 3.63) is 12.4 Å². The van der Waals surface area contributed by atoms with Crippen molar-refractivity contribution in [3.8, 4) is 5.88 Å². The van der Waals surface area contributed by atoms with Crippen LogP contribution in [0.5, 0.6) is 5.88 Å². The van der Waals surface area contributed by atoms with E-state index in [2.05, 4.69) is 15.3 Å². The van der Waals surface area contributed by atoms with E-state index in [9.17, 15) is 4.79 Å². The summed E-state index contributed by atoms with van der Waals surface area (Å²) >= 11 is 0. The highest BCUT2D eigenvalue weighted by Crippen LogP contribution is 2.21. The predicted octanol–water partition coefficient (Wildman–Crippen LogP) is -0.579. The monoisotopic (exact) mass is 208 g/mol. The van der Waals surface area contributed by atoms with E-state index in [1.165, 1.54) is 7.11 Å². The molecule has 1 aliphatic heterocycles. The molecule has 0 spiro atoms. The fraction of sp³-hybridized carbons (Fsp3) is 0.444. The Kier molecular flexibility index (Phi) is 2.66. The van der Waals surface area contributed by atoms with Crippen LogP contribution in [-0.4, -0.2) is 42.6 Å². The van der Waals surface area contributed by atoms with E-state index in [1.54, 1.807) is 12.4 Å². The van der Waals surface area contributed by atoms with Crippen LogP contribution in [0.4, 0.5) is 5.82 Å². The molecule has 2 rings (SSSR count). The summed E-state index contributed by atoms with van der Waals surface area (Å²) in [4.78, 5) is 21.3. The summed E-state index contributed by atoms with van der Waals surface area (Å²) in [6.07, 6.45) is 3.15. The molecule has 1 N–H and O–H groups in total. The van der Waals surface area contributed by atoms with Crippen molar-refractivity contribution < 1.29 is 9.53 Å². The minimum absolute atomic E-state index is 0.00560. The SMILES string of the molecule is COc1nccnc1N1CCNC(=O)C1. The molecule has 6 nitrogen and oxygen atoms in total. The second-order valence-electron chi connectivity index (χ2n) is 3.16. The van der Waals surface area contributed by atoms with E-state index in [-0.39, 0.29) is 5.91 Å². The number of ether oxygens (including phenoxy) is 1. The average Bonchev–Trinajstić information content (AvgIpc) is 2.29. The van der Waals surface area contributed by atoms with Crippen molar-refractivity contribution in [1.29, 1.82) is 0 Å². The lowest BCUT2D eigenvalue weighted by Crippen LogP contribution is -2.48. The molecule has 1 aromatic rings. The first-order valence-electron chi connectivity index (χ1n) is 4.68. The van der Waals surface area contributed by atoms with Gasteiger partial charge in [-0.05, 0) is 0 Å². The molecule has 0 radical (unpaired) electrons. The lowest BCUT2D eigenvalue weighted by molar-refractivity contribution is -0.120. The zero-order valence-electron chi connectivity index (χ0n) is 8.43. The second kappa shape index (κ2) is 4.12. The van der Waals surface area contributed by atoms with Crippen LogP contribution in [0.25, 0.3) is 0 Å². The normalized spacial score (nSPS) is 16.1. The number of nitrogens with one attached hydrogen (secondary N) is 1. The molecule has 0 bridgehead atoms. The third kappa shape index (κ3) is 1.98. The van der Waals surface area contributed by atoms with Crippen molar-refractivity contribution >= 4 is 11.7 Å². The molecular weight excluding hydrogens is 196 g/mol. The third-order valence-corrected chi connectivity index (χ3v) is 2.18. The van der Waals surface area contributed by atoms with Crippen molar-refractivity contribution in [2.24, 2.45) is 0 Å². The second-order valence-corrected chi connectivity index (χ2v) is 3.16. The van der Waals surface area contributed by atoms with Gasteiger partial charge in [-0.2, -0.15) is 0 Å². The number of anilines is 1. The van der Waals surface area contributed by atoms with Gasteiger partial charge < -0.3 is 15.0 Å². The largest absolute Gasteiger partial charge is 0.478 e. The smallest absolute Gasteiger partial charge is 0.257 e. The molecule has 0 saturated carbocycles. The predicted molar refractivity (Wildman–Crippen MR) is 53.8 cm³/mol. The summed E-state index contributed by atoms with van der Waals surface area (Å²) in [6.45, 7) is 1.65. The topological polar surface area (TPSA) is 67.4 Å². The Morgan fingerprint density at radius 1 is 1.47 bits per heavy atom. The van der Waals surface area contributed by atoms with Crippen LogP contribution in [0.3, 0.4) is 0 Å². The minimum atomic E-state index is -0.00560. The van der Waals surface area contributed by atoms with Gasteiger partial charge in [0.2, 0.25) is 5.91 Å². The summed E-state index contributed by atoms with van der Waals surface area (Å²) in [5.74, 6) is 1.07. The fourth-order valence-electron chi connectivity index (χ4n) is 1.50. The molecule has 1 amide bonds. The van der Waals surface area contributed by atoms with Gasteiger partial charge in [0.1, 0.15) is 0 Å². The standard InChI is InChI=1S/C9H12N4O2/c1-15-9-8(11-2-3-12-9)13-5-4-10-7(14)6-13/h2-3H,4-6H2,1H3,(H,10,14). The Balaban J connectivity index is 2.24. The van der Waals surface area contributed by atoms with Crippen molar-refractivity contribution in [1.82, 2.24) is 15.3 Å². The van der Waals surface area contributed by atoms with E-state index < -0.39 is 0 Å². The van der Waals surface area contributed by atoms with Gasteiger partial charge in [0, 0.05) is 25.5 Å². The molecular formula is C9H12N4O2. The summed E-state index contributed by atoms with van der Waals surface area (Å²) < 4.78 is 5.09. The van der Waals surface area contributed by atoms with Gasteiger partial charge in [0.25, 0.3) is 5.88 Å². The molecule has 6 heteroatoms. The van der Waals surface area contributed by atoms with Gasteiger partial charge in [-0.15, -0.1) is 0 Å². The first-order valence-corrected chi connectivity index (χ1v) is 4.68. The summed E-state index contributed by atoms with van der Waals surface area (Å²) in [5, 5.41) is 2.75. The van der Waals surface area contributed by atoms with E-state index in [1.807, 2.05) is 4.90 Å². The van der Waals surface area contributed by atoms with Crippen LogP contribution < -0.4 is 15.0 Å². The molecule has 1 fully saturated rings. The van der Waals surface area contributed by atoms with Crippen LogP contribution in [0.15, 0.2) is 12.4 Å². The summed E-state index contributed by atoms with van der Waals surface area (Å²) in [5.41, 5.74) is 0. The van der Waals surface area contributed by atoms with E-state index in [0.717, 1.165) is 6.54 Å². The number of carbonyl (C=O) groups is 1. The molecule has 80 valence electrons. The number of amides is 1. The highest BCUT2D eigenvalue weighted by Gasteiger charge is 2.20. The number of aromatic nitrogens is 2. The van der Waals surface area contributed by atoms with E-state index in [0.29, 0.717) is 24.8 Å². The number of piperazine rings is 1. The Bertz CT molecular complexity index is 369. The quantitative estimate of drug-likeness (QED) is 0.704. The fourth-order valence-corrected chi connectivity index (χ4v) is 1.50. The first-order chi connectivity index (χ1) is 7.31. The van der Waals surface area contributed by atoms with Gasteiger partial charge in [-0.3, -0.25) is 4.79 Å². The van der Waals surface area contributed by atoms with Crippen LogP contribution in [0.1, 0.15) is 0 Å². The number of methoxy groups -OCH3 is 1. The van der Waals surface area contributed by atoms with Gasteiger partial charge in [-0.25, -0.2) is 9.97 Å². The number of hydrogen-bond donors (Lipinski definition) is 1. The Labute approximate surface area is 87.3 Å². The molecule has 1 aliphatic rings. The Morgan fingerprint density at radius 2 is 2.27 bits per heavy atom. The highest BCUT2D eigenvalue weighted by molar-refractivity contribution is 5.82. The lowest BCUT2D eigenvalue weighted by atomic mass is 10.3. The maximum atomic E-state index is 11.2. The molecule has 0 unspecified atom stereocenters. The third-order valence-electron chi connectivity index (χ3n) is 2.18. The van der Waals surface area contributed by atoms with Crippen LogP contribution in [0, 0.1) is 0 Å². The molecule has 2 heterocycles. The molecule has 1 saturated heterocycles. The van der Waals surface area contributed by atoms with Crippen molar-refractivity contribution in [2.75, 3.05) is 31.6 Å². The van der Waals surface area contributed by atoms with Gasteiger partial charge in [-0.1, -0.05) is 0 Å². The zero-order valence-corrected chi connectivity index (χ0v) is 8.43. The Hall–Kier alpha value is -1.85. The van der Waals surface area contributed by atoms with Crippen LogP contribution >= 0.6 is 0 Å². The maximum Gasteiger partial charge on any atom is 0.257 e. The number of nitrogens with zero attached hydrogens (tertiary/aromatic N) is 3. The van der Waals surface area contributed by atoms with Gasteiger partial charge in [0.05, 0.1) is 13.7 Å².